The summed E-state index contributed by atoms with van der Waals surface area (Å²) in [5.41, 5.74) is 6.98. The monoisotopic (exact) mass is 289 g/mol. The molecule has 1 aliphatic carbocycles. The third-order valence-corrected chi connectivity index (χ3v) is 4.84. The maximum atomic E-state index is 12.2. The molecule has 0 saturated heterocycles. The molecule has 104 valence electrons. The van der Waals surface area contributed by atoms with Gasteiger partial charge in [0.05, 0.1) is 5.69 Å². The Kier molecular flexibility index (Phi) is 3.19. The van der Waals surface area contributed by atoms with Gasteiger partial charge >= 0.3 is 0 Å². The van der Waals surface area contributed by atoms with Crippen LogP contribution in [0.15, 0.2) is 53.7 Å². The topological polar surface area (TPSA) is 85.1 Å². The number of nitrogen functional groups attached to an aromatic ring is 1. The van der Waals surface area contributed by atoms with Gasteiger partial charge in [-0.05, 0) is 24.1 Å². The molecule has 1 aliphatic rings. The minimum absolute atomic E-state index is 0.0798. The Labute approximate surface area is 117 Å². The SMILES string of the molecule is Nc1cccnc1S(=O)(=O)NC1CC1c1ccccc1. The lowest BCUT2D eigenvalue weighted by Gasteiger charge is -2.07. The van der Waals surface area contributed by atoms with Crippen LogP contribution in [-0.4, -0.2) is 19.4 Å². The van der Waals surface area contributed by atoms with E-state index in [1.807, 2.05) is 30.3 Å². The van der Waals surface area contributed by atoms with E-state index in [4.69, 9.17) is 5.73 Å². The van der Waals surface area contributed by atoms with Gasteiger partial charge in [-0.1, -0.05) is 30.3 Å². The number of sulfonamides is 1. The summed E-state index contributed by atoms with van der Waals surface area (Å²) in [6.07, 6.45) is 2.22. The summed E-state index contributed by atoms with van der Waals surface area (Å²) in [6.45, 7) is 0. The van der Waals surface area contributed by atoms with Crippen molar-refractivity contribution >= 4 is 15.7 Å². The molecule has 3 N–H and O–H groups in total. The van der Waals surface area contributed by atoms with E-state index in [9.17, 15) is 8.42 Å². The maximum Gasteiger partial charge on any atom is 0.260 e. The molecule has 1 heterocycles. The second-order valence-corrected chi connectivity index (χ2v) is 6.51. The van der Waals surface area contributed by atoms with Crippen LogP contribution in [0.25, 0.3) is 0 Å². The molecule has 1 saturated carbocycles. The molecule has 20 heavy (non-hydrogen) atoms. The molecule has 2 aromatic rings. The number of hydrogen-bond acceptors (Lipinski definition) is 4. The number of pyridine rings is 1. The fourth-order valence-corrected chi connectivity index (χ4v) is 3.63. The molecule has 1 fully saturated rings. The number of anilines is 1. The molecular weight excluding hydrogens is 274 g/mol. The minimum atomic E-state index is -3.65. The molecule has 2 unspecified atom stereocenters. The minimum Gasteiger partial charge on any atom is -0.396 e. The summed E-state index contributed by atoms with van der Waals surface area (Å²) < 4.78 is 27.1. The standard InChI is InChI=1S/C14H15N3O2S/c15-12-7-4-8-16-14(12)20(18,19)17-13-9-11(13)10-5-2-1-3-6-10/h1-8,11,13,17H,9,15H2. The second-order valence-electron chi connectivity index (χ2n) is 4.88. The van der Waals surface area contributed by atoms with Gasteiger partial charge in [-0.2, -0.15) is 0 Å². The van der Waals surface area contributed by atoms with Crippen molar-refractivity contribution in [3.63, 3.8) is 0 Å². The predicted octanol–water partition coefficient (Wildman–Crippen LogP) is 1.50. The van der Waals surface area contributed by atoms with Crippen molar-refractivity contribution in [2.24, 2.45) is 0 Å². The van der Waals surface area contributed by atoms with E-state index in [2.05, 4.69) is 9.71 Å². The van der Waals surface area contributed by atoms with Gasteiger partial charge in [0, 0.05) is 18.2 Å². The molecule has 0 bridgehead atoms. The molecule has 0 spiro atoms. The first-order chi connectivity index (χ1) is 9.58. The van der Waals surface area contributed by atoms with Crippen molar-refractivity contribution in [2.75, 3.05) is 5.73 Å². The largest absolute Gasteiger partial charge is 0.396 e. The van der Waals surface area contributed by atoms with Crippen LogP contribution in [0.3, 0.4) is 0 Å². The quantitative estimate of drug-likeness (QED) is 0.893. The van der Waals surface area contributed by atoms with Crippen molar-refractivity contribution in [2.45, 2.75) is 23.4 Å². The second kappa shape index (κ2) is 4.88. The molecule has 2 atom stereocenters. The zero-order valence-electron chi connectivity index (χ0n) is 10.7. The lowest BCUT2D eigenvalue weighted by molar-refractivity contribution is 0.576. The Hall–Kier alpha value is -1.92. The molecule has 5 nitrogen and oxygen atoms in total. The summed E-state index contributed by atoms with van der Waals surface area (Å²) in [5.74, 6) is 0.232. The number of nitrogens with one attached hydrogen (secondary N) is 1. The van der Waals surface area contributed by atoms with Gasteiger partial charge in [0.25, 0.3) is 10.0 Å². The third kappa shape index (κ3) is 2.52. The Balaban J connectivity index is 1.75. The van der Waals surface area contributed by atoms with Crippen LogP contribution in [0.1, 0.15) is 17.9 Å². The predicted molar refractivity (Wildman–Crippen MR) is 76.6 cm³/mol. The van der Waals surface area contributed by atoms with Gasteiger partial charge in [-0.15, -0.1) is 0 Å². The highest BCUT2D eigenvalue weighted by Crippen LogP contribution is 2.41. The molecule has 0 radical (unpaired) electrons. The highest BCUT2D eigenvalue weighted by Gasteiger charge is 2.41. The van der Waals surface area contributed by atoms with E-state index >= 15 is 0 Å². The summed E-state index contributed by atoms with van der Waals surface area (Å²) in [5, 5.41) is -0.0984. The molecule has 1 aromatic heterocycles. The van der Waals surface area contributed by atoms with Crippen molar-refractivity contribution in [3.8, 4) is 0 Å². The lowest BCUT2D eigenvalue weighted by atomic mass is 10.1. The van der Waals surface area contributed by atoms with Crippen molar-refractivity contribution in [3.05, 3.63) is 54.2 Å². The molecule has 3 rings (SSSR count). The van der Waals surface area contributed by atoms with Gasteiger partial charge in [0.2, 0.25) is 0 Å². The van der Waals surface area contributed by atoms with Crippen molar-refractivity contribution in [1.29, 1.82) is 0 Å². The van der Waals surface area contributed by atoms with Crippen LogP contribution >= 0.6 is 0 Å². The van der Waals surface area contributed by atoms with E-state index < -0.39 is 10.0 Å². The summed E-state index contributed by atoms with van der Waals surface area (Å²) in [4.78, 5) is 3.85. The van der Waals surface area contributed by atoms with E-state index in [1.165, 1.54) is 12.3 Å². The van der Waals surface area contributed by atoms with Gasteiger partial charge in [-0.3, -0.25) is 0 Å². The molecule has 1 aromatic carbocycles. The number of nitrogens with two attached hydrogens (primary N) is 1. The molecular formula is C14H15N3O2S. The summed E-state index contributed by atoms with van der Waals surface area (Å²) >= 11 is 0. The van der Waals surface area contributed by atoms with E-state index in [0.29, 0.717) is 0 Å². The van der Waals surface area contributed by atoms with Crippen LogP contribution in [0.2, 0.25) is 0 Å². The highest BCUT2D eigenvalue weighted by molar-refractivity contribution is 7.89. The van der Waals surface area contributed by atoms with E-state index in [-0.39, 0.29) is 22.7 Å². The fourth-order valence-electron chi connectivity index (χ4n) is 2.28. The van der Waals surface area contributed by atoms with Crippen molar-refractivity contribution < 1.29 is 8.42 Å². The van der Waals surface area contributed by atoms with Gasteiger partial charge < -0.3 is 5.73 Å². The van der Waals surface area contributed by atoms with E-state index in [1.54, 1.807) is 6.07 Å². The first kappa shape index (κ1) is 13.1. The molecule has 6 heteroatoms. The maximum absolute atomic E-state index is 12.2. The first-order valence-electron chi connectivity index (χ1n) is 6.36. The molecule has 0 aliphatic heterocycles. The zero-order chi connectivity index (χ0) is 14.2. The van der Waals surface area contributed by atoms with E-state index in [0.717, 1.165) is 12.0 Å². The Morgan fingerprint density at radius 1 is 1.15 bits per heavy atom. The van der Waals surface area contributed by atoms with Crippen molar-refractivity contribution in [1.82, 2.24) is 9.71 Å². The summed E-state index contributed by atoms with van der Waals surface area (Å²) in [7, 11) is -3.65. The highest BCUT2D eigenvalue weighted by atomic mass is 32.2. The lowest BCUT2D eigenvalue weighted by Crippen LogP contribution is -2.28. The van der Waals surface area contributed by atoms with Crippen LogP contribution in [0, 0.1) is 0 Å². The average molecular weight is 289 g/mol. The van der Waals surface area contributed by atoms with Crippen LogP contribution in [0.4, 0.5) is 5.69 Å². The molecule has 0 amide bonds. The van der Waals surface area contributed by atoms with Crippen LogP contribution in [0.5, 0.6) is 0 Å². The number of nitrogens with zero attached hydrogens (tertiary/aromatic N) is 1. The number of hydrogen-bond donors (Lipinski definition) is 2. The zero-order valence-corrected chi connectivity index (χ0v) is 11.5. The fraction of sp³-hybridized carbons (Fsp3) is 0.214. The Morgan fingerprint density at radius 3 is 2.60 bits per heavy atom. The first-order valence-corrected chi connectivity index (χ1v) is 7.84. The number of rotatable bonds is 4. The Bertz CT molecular complexity index is 716. The summed E-state index contributed by atoms with van der Waals surface area (Å²) in [6, 6.07) is 12.9. The van der Waals surface area contributed by atoms with Gasteiger partial charge in [-0.25, -0.2) is 18.1 Å². The average Bonchev–Trinajstić information content (AvgIpc) is 3.18. The van der Waals surface area contributed by atoms with Crippen LogP contribution < -0.4 is 10.5 Å². The smallest absolute Gasteiger partial charge is 0.260 e. The van der Waals surface area contributed by atoms with Gasteiger partial charge in [0.15, 0.2) is 5.03 Å². The van der Waals surface area contributed by atoms with Gasteiger partial charge in [0.1, 0.15) is 0 Å². The number of aromatic nitrogens is 1. The van der Waals surface area contributed by atoms with Crippen LogP contribution in [-0.2, 0) is 10.0 Å². The normalized spacial score (nSPS) is 21.6. The third-order valence-electron chi connectivity index (χ3n) is 3.38. The Morgan fingerprint density at radius 2 is 1.90 bits per heavy atom. The number of benzene rings is 1.